The fourth-order valence-electron chi connectivity index (χ4n) is 2.82. The lowest BCUT2D eigenvalue weighted by Crippen LogP contribution is -2.12. The summed E-state index contributed by atoms with van der Waals surface area (Å²) in [7, 11) is -3.83. The molecule has 130 valence electrons. The molecule has 0 bridgehead atoms. The van der Waals surface area contributed by atoms with Crippen LogP contribution in [0, 0.1) is 0 Å². The van der Waals surface area contributed by atoms with Gasteiger partial charge in [-0.25, -0.2) is 13.6 Å². The zero-order valence-corrected chi connectivity index (χ0v) is 15.1. The predicted octanol–water partition coefficient (Wildman–Crippen LogP) is 3.56. The van der Waals surface area contributed by atoms with Gasteiger partial charge in [-0.1, -0.05) is 30.3 Å². The third kappa shape index (κ3) is 3.08. The molecule has 2 aromatic carbocycles. The second-order valence-electron chi connectivity index (χ2n) is 5.83. The molecule has 4 rings (SSSR count). The van der Waals surface area contributed by atoms with Crippen molar-refractivity contribution in [3.05, 3.63) is 71.1 Å². The van der Waals surface area contributed by atoms with Crippen LogP contribution in [0.2, 0.25) is 0 Å². The predicted molar refractivity (Wildman–Crippen MR) is 104 cm³/mol. The number of primary sulfonamides is 1. The molecule has 1 aliphatic heterocycles. The minimum absolute atomic E-state index is 0.0187. The number of nitrogens with two attached hydrogens (primary N) is 1. The van der Waals surface area contributed by atoms with E-state index >= 15 is 0 Å². The average molecular weight is 382 g/mol. The van der Waals surface area contributed by atoms with Crippen LogP contribution < -0.4 is 10.5 Å². The number of fused-ring (bicyclic) bond motifs is 1. The first-order chi connectivity index (χ1) is 12.4. The molecule has 0 saturated carbocycles. The van der Waals surface area contributed by atoms with Crippen LogP contribution in [-0.4, -0.2) is 14.3 Å². The molecule has 1 aliphatic rings. The van der Waals surface area contributed by atoms with Gasteiger partial charge in [0.1, 0.15) is 0 Å². The molecule has 3 N–H and O–H groups in total. The van der Waals surface area contributed by atoms with Crippen LogP contribution in [0.4, 0.5) is 5.69 Å². The van der Waals surface area contributed by atoms with Gasteiger partial charge >= 0.3 is 0 Å². The Morgan fingerprint density at radius 1 is 1.00 bits per heavy atom. The van der Waals surface area contributed by atoms with Gasteiger partial charge in [-0.3, -0.25) is 4.79 Å². The van der Waals surface area contributed by atoms with Gasteiger partial charge in [0.25, 0.3) is 5.91 Å². The summed E-state index contributed by atoms with van der Waals surface area (Å²) in [5, 5.41) is 7.95. The highest BCUT2D eigenvalue weighted by molar-refractivity contribution is 7.89. The number of hydrogen-bond acceptors (Lipinski definition) is 4. The van der Waals surface area contributed by atoms with E-state index in [1.165, 1.54) is 12.1 Å². The van der Waals surface area contributed by atoms with Gasteiger partial charge in [-0.2, -0.15) is 0 Å². The van der Waals surface area contributed by atoms with E-state index in [1.54, 1.807) is 23.5 Å². The van der Waals surface area contributed by atoms with Crippen molar-refractivity contribution in [1.29, 1.82) is 0 Å². The number of thiophene rings is 1. The van der Waals surface area contributed by atoms with Gasteiger partial charge in [0, 0.05) is 21.0 Å². The maximum Gasteiger partial charge on any atom is 0.256 e. The Morgan fingerprint density at radius 3 is 2.50 bits per heavy atom. The minimum atomic E-state index is -3.83. The number of anilines is 1. The molecule has 5 nitrogen and oxygen atoms in total. The van der Waals surface area contributed by atoms with Crippen LogP contribution in [0.5, 0.6) is 0 Å². The molecule has 0 unspecified atom stereocenters. The molecule has 7 heteroatoms. The number of rotatable bonds is 3. The maximum absolute atomic E-state index is 12.3. The van der Waals surface area contributed by atoms with Gasteiger partial charge in [0.15, 0.2) is 0 Å². The Bertz CT molecular complexity index is 1150. The van der Waals surface area contributed by atoms with Gasteiger partial charge in [-0.15, -0.1) is 11.3 Å². The minimum Gasteiger partial charge on any atom is -0.321 e. The first kappa shape index (κ1) is 16.7. The first-order valence-electron chi connectivity index (χ1n) is 7.77. The molecule has 0 saturated heterocycles. The number of carbonyl (C=O) groups is 1. The number of hydrogen-bond donors (Lipinski definition) is 2. The topological polar surface area (TPSA) is 89.3 Å². The van der Waals surface area contributed by atoms with Gasteiger partial charge in [0.05, 0.1) is 10.5 Å². The van der Waals surface area contributed by atoms with E-state index in [9.17, 15) is 13.2 Å². The third-order valence-electron chi connectivity index (χ3n) is 4.07. The molecule has 1 amide bonds. The molecule has 0 spiro atoms. The number of nitrogens with one attached hydrogen (secondary N) is 1. The molecular formula is C19H14N2O3S2. The van der Waals surface area contributed by atoms with Crippen LogP contribution in [0.15, 0.2) is 65.6 Å². The SMILES string of the molecule is NS(=O)(=O)c1ccc2c(c1)C(=Cc1ccc(-c3ccccc3)s1)C(=O)N2. The van der Waals surface area contributed by atoms with Gasteiger partial charge in [-0.05, 0) is 42.0 Å². The lowest BCUT2D eigenvalue weighted by Gasteiger charge is -2.02. The third-order valence-corrected chi connectivity index (χ3v) is 6.07. The van der Waals surface area contributed by atoms with Gasteiger partial charge < -0.3 is 5.32 Å². The second kappa shape index (κ2) is 6.21. The Kier molecular flexibility index (Phi) is 3.99. The molecular weight excluding hydrogens is 368 g/mol. The standard InChI is InChI=1S/C19H14N2O3S2/c20-26(23,24)14-7-8-17-15(11-14)16(19(22)21-17)10-13-6-9-18(25-13)12-4-2-1-3-5-12/h1-11H,(H,21,22)(H2,20,23,24). The van der Waals surface area contributed by atoms with E-state index in [0.717, 1.165) is 15.3 Å². The number of amides is 1. The number of benzene rings is 2. The molecule has 0 fully saturated rings. The smallest absolute Gasteiger partial charge is 0.256 e. The zero-order valence-electron chi connectivity index (χ0n) is 13.5. The molecule has 0 aliphatic carbocycles. The van der Waals surface area contributed by atoms with E-state index in [4.69, 9.17) is 5.14 Å². The van der Waals surface area contributed by atoms with E-state index in [-0.39, 0.29) is 10.8 Å². The van der Waals surface area contributed by atoms with E-state index in [2.05, 4.69) is 5.32 Å². The molecule has 0 radical (unpaired) electrons. The lowest BCUT2D eigenvalue weighted by molar-refractivity contribution is -0.110. The van der Waals surface area contributed by atoms with Crippen molar-refractivity contribution >= 4 is 44.6 Å². The quantitative estimate of drug-likeness (QED) is 0.679. The summed E-state index contributed by atoms with van der Waals surface area (Å²) in [6.07, 6.45) is 1.77. The molecule has 0 atom stereocenters. The molecule has 26 heavy (non-hydrogen) atoms. The van der Waals surface area contributed by atoms with Crippen LogP contribution in [0.1, 0.15) is 10.4 Å². The van der Waals surface area contributed by atoms with Gasteiger partial charge in [0.2, 0.25) is 10.0 Å². The van der Waals surface area contributed by atoms with Crippen LogP contribution in [0.3, 0.4) is 0 Å². The summed E-state index contributed by atoms with van der Waals surface area (Å²) in [6, 6.07) is 18.3. The lowest BCUT2D eigenvalue weighted by atomic mass is 10.1. The Morgan fingerprint density at radius 2 is 1.77 bits per heavy atom. The van der Waals surface area contributed by atoms with Crippen molar-refractivity contribution in [1.82, 2.24) is 0 Å². The second-order valence-corrected chi connectivity index (χ2v) is 8.51. The Balaban J connectivity index is 1.76. The average Bonchev–Trinajstić information content (AvgIpc) is 3.20. The fraction of sp³-hybridized carbons (Fsp3) is 0. The Hall–Kier alpha value is -2.74. The summed E-state index contributed by atoms with van der Waals surface area (Å²) in [6.45, 7) is 0. The van der Waals surface area contributed by atoms with E-state index in [0.29, 0.717) is 16.8 Å². The Labute approximate surface area is 154 Å². The highest BCUT2D eigenvalue weighted by Gasteiger charge is 2.26. The summed E-state index contributed by atoms with van der Waals surface area (Å²) in [5.74, 6) is -0.263. The van der Waals surface area contributed by atoms with E-state index < -0.39 is 10.0 Å². The highest BCUT2D eigenvalue weighted by atomic mass is 32.2. The summed E-state index contributed by atoms with van der Waals surface area (Å²) in [5.41, 5.74) is 2.64. The monoisotopic (exact) mass is 382 g/mol. The molecule has 1 aromatic heterocycles. The number of carbonyl (C=O) groups excluding carboxylic acids is 1. The summed E-state index contributed by atoms with van der Waals surface area (Å²) in [4.78, 5) is 14.3. The zero-order chi connectivity index (χ0) is 18.3. The van der Waals surface area contributed by atoms with Crippen LogP contribution in [-0.2, 0) is 14.8 Å². The van der Waals surface area contributed by atoms with Crippen molar-refractivity contribution in [2.75, 3.05) is 5.32 Å². The van der Waals surface area contributed by atoms with Crippen molar-refractivity contribution in [2.24, 2.45) is 5.14 Å². The first-order valence-corrected chi connectivity index (χ1v) is 10.1. The van der Waals surface area contributed by atoms with Crippen LogP contribution >= 0.6 is 11.3 Å². The normalized spacial score (nSPS) is 15.1. The largest absolute Gasteiger partial charge is 0.321 e. The van der Waals surface area contributed by atoms with Crippen molar-refractivity contribution < 1.29 is 13.2 Å². The van der Waals surface area contributed by atoms with E-state index in [1.807, 2.05) is 42.5 Å². The maximum atomic E-state index is 12.3. The number of sulfonamides is 1. The molecule has 3 aromatic rings. The van der Waals surface area contributed by atoms with Crippen LogP contribution in [0.25, 0.3) is 22.1 Å². The van der Waals surface area contributed by atoms with Crippen molar-refractivity contribution in [3.8, 4) is 10.4 Å². The van der Waals surface area contributed by atoms with Crippen molar-refractivity contribution in [3.63, 3.8) is 0 Å². The summed E-state index contributed by atoms with van der Waals surface area (Å²) < 4.78 is 23.2. The highest BCUT2D eigenvalue weighted by Crippen LogP contribution is 2.36. The molecule has 2 heterocycles. The fourth-order valence-corrected chi connectivity index (χ4v) is 4.31. The van der Waals surface area contributed by atoms with Crippen molar-refractivity contribution in [2.45, 2.75) is 4.90 Å². The summed E-state index contributed by atoms with van der Waals surface area (Å²) >= 11 is 1.56.